The molecule has 1 N–H and O–H groups in total. The zero-order chi connectivity index (χ0) is 9.26. The molecule has 0 atom stereocenters. The fourth-order valence-corrected chi connectivity index (χ4v) is 1.43. The van der Waals surface area contributed by atoms with E-state index in [0.29, 0.717) is 12.4 Å². The molecule has 1 aliphatic heterocycles. The highest BCUT2D eigenvalue weighted by molar-refractivity contribution is 5.38. The van der Waals surface area contributed by atoms with Crippen LogP contribution in [0.1, 0.15) is 12.0 Å². The number of fused-ring (bicyclic) bond motifs is 1. The molecular formula is C10H10O3. The minimum atomic E-state index is -0.363. The molecular weight excluding hydrogens is 168 g/mol. The Labute approximate surface area is 75.6 Å². The van der Waals surface area contributed by atoms with Gasteiger partial charge < -0.3 is 9.84 Å². The van der Waals surface area contributed by atoms with Gasteiger partial charge in [-0.3, -0.25) is 4.79 Å². The third-order valence-corrected chi connectivity index (χ3v) is 2.11. The van der Waals surface area contributed by atoms with Crippen LogP contribution in [0.3, 0.4) is 0 Å². The van der Waals surface area contributed by atoms with Crippen LogP contribution in [-0.4, -0.2) is 11.7 Å². The molecule has 0 saturated heterocycles. The second-order valence-corrected chi connectivity index (χ2v) is 3.07. The lowest BCUT2D eigenvalue weighted by atomic mass is 10.1. The van der Waals surface area contributed by atoms with Gasteiger partial charge in [-0.2, -0.15) is 0 Å². The summed E-state index contributed by atoms with van der Waals surface area (Å²) >= 11 is 0. The van der Waals surface area contributed by atoms with Crippen molar-refractivity contribution >= 4 is 0 Å². The van der Waals surface area contributed by atoms with E-state index in [1.807, 2.05) is 0 Å². The number of hydrogen-bond donors (Lipinski definition) is 1. The van der Waals surface area contributed by atoms with Crippen LogP contribution >= 0.6 is 0 Å². The first-order valence-electron chi connectivity index (χ1n) is 4.26. The van der Waals surface area contributed by atoms with Gasteiger partial charge in [0.2, 0.25) is 5.43 Å². The average Bonchev–Trinajstić information content (AvgIpc) is 2.28. The van der Waals surface area contributed by atoms with E-state index in [-0.39, 0.29) is 11.2 Å². The molecule has 13 heavy (non-hydrogen) atoms. The van der Waals surface area contributed by atoms with Gasteiger partial charge in [-0.25, -0.2) is 0 Å². The van der Waals surface area contributed by atoms with Gasteiger partial charge in [0.05, 0.1) is 6.61 Å². The maximum Gasteiger partial charge on any atom is 0.220 e. The van der Waals surface area contributed by atoms with Crippen LogP contribution in [0.15, 0.2) is 23.0 Å². The molecule has 0 saturated carbocycles. The smallest absolute Gasteiger partial charge is 0.220 e. The first-order chi connectivity index (χ1) is 6.27. The van der Waals surface area contributed by atoms with Crippen molar-refractivity contribution in [2.45, 2.75) is 12.8 Å². The third kappa shape index (κ3) is 1.49. The number of hydrogen-bond acceptors (Lipinski definition) is 3. The van der Waals surface area contributed by atoms with Crippen molar-refractivity contribution in [3.05, 3.63) is 34.0 Å². The highest BCUT2D eigenvalue weighted by Crippen LogP contribution is 2.24. The van der Waals surface area contributed by atoms with Gasteiger partial charge in [0.15, 0.2) is 5.75 Å². The minimum absolute atomic E-state index is 0.202. The number of ether oxygens (including phenoxy) is 1. The maximum atomic E-state index is 11.1. The quantitative estimate of drug-likeness (QED) is 0.646. The molecule has 0 aliphatic carbocycles. The summed E-state index contributed by atoms with van der Waals surface area (Å²) in [5, 5.41) is 9.27. The molecule has 0 spiro atoms. The van der Waals surface area contributed by atoms with Gasteiger partial charge in [-0.1, -0.05) is 0 Å². The molecule has 0 radical (unpaired) electrons. The highest BCUT2D eigenvalue weighted by Gasteiger charge is 2.09. The van der Waals surface area contributed by atoms with Gasteiger partial charge in [0.25, 0.3) is 0 Å². The second-order valence-electron chi connectivity index (χ2n) is 3.07. The van der Waals surface area contributed by atoms with E-state index in [0.717, 1.165) is 18.4 Å². The van der Waals surface area contributed by atoms with Crippen LogP contribution in [0.4, 0.5) is 0 Å². The predicted molar refractivity (Wildman–Crippen MR) is 48.2 cm³/mol. The SMILES string of the molecule is O=c1ccc2c(cc1O)CCCO2. The Morgan fingerprint density at radius 1 is 1.38 bits per heavy atom. The van der Waals surface area contributed by atoms with Crippen LogP contribution < -0.4 is 10.2 Å². The summed E-state index contributed by atoms with van der Waals surface area (Å²) in [5.74, 6) is 0.510. The second kappa shape index (κ2) is 3.09. The predicted octanol–water partition coefficient (Wildman–Crippen LogP) is 1.08. The van der Waals surface area contributed by atoms with E-state index in [1.165, 1.54) is 12.1 Å². The maximum absolute atomic E-state index is 11.1. The van der Waals surface area contributed by atoms with Gasteiger partial charge in [-0.05, 0) is 36.6 Å². The third-order valence-electron chi connectivity index (χ3n) is 2.11. The number of rotatable bonds is 0. The Morgan fingerprint density at radius 2 is 2.23 bits per heavy atom. The average molecular weight is 178 g/mol. The van der Waals surface area contributed by atoms with Crippen molar-refractivity contribution in [3.63, 3.8) is 0 Å². The van der Waals surface area contributed by atoms with Crippen molar-refractivity contribution in [2.75, 3.05) is 6.61 Å². The Kier molecular flexibility index (Phi) is 1.93. The zero-order valence-corrected chi connectivity index (χ0v) is 7.12. The number of aromatic hydroxyl groups is 1. The van der Waals surface area contributed by atoms with E-state index < -0.39 is 0 Å². The van der Waals surface area contributed by atoms with Crippen molar-refractivity contribution in [1.82, 2.24) is 0 Å². The van der Waals surface area contributed by atoms with Gasteiger partial charge in [0.1, 0.15) is 5.75 Å². The molecule has 2 rings (SSSR count). The van der Waals surface area contributed by atoms with E-state index in [4.69, 9.17) is 4.74 Å². The van der Waals surface area contributed by atoms with Crippen molar-refractivity contribution in [2.24, 2.45) is 0 Å². The van der Waals surface area contributed by atoms with Crippen molar-refractivity contribution in [3.8, 4) is 11.5 Å². The van der Waals surface area contributed by atoms with Crippen LogP contribution in [0.2, 0.25) is 0 Å². The van der Waals surface area contributed by atoms with Gasteiger partial charge >= 0.3 is 0 Å². The summed E-state index contributed by atoms with van der Waals surface area (Å²) < 4.78 is 5.34. The lowest BCUT2D eigenvalue weighted by Crippen LogP contribution is -2.06. The Morgan fingerprint density at radius 3 is 3.08 bits per heavy atom. The van der Waals surface area contributed by atoms with Crippen LogP contribution in [0.25, 0.3) is 0 Å². The van der Waals surface area contributed by atoms with Crippen LogP contribution in [-0.2, 0) is 6.42 Å². The monoisotopic (exact) mass is 178 g/mol. The fourth-order valence-electron chi connectivity index (χ4n) is 1.43. The molecule has 1 aromatic carbocycles. The summed E-state index contributed by atoms with van der Waals surface area (Å²) in [5.41, 5.74) is 0.545. The number of aryl methyl sites for hydroxylation is 1. The van der Waals surface area contributed by atoms with E-state index in [9.17, 15) is 9.90 Å². The van der Waals surface area contributed by atoms with E-state index >= 15 is 0 Å². The Balaban J connectivity index is 2.63. The molecule has 3 nitrogen and oxygen atoms in total. The van der Waals surface area contributed by atoms with Crippen LogP contribution in [0, 0.1) is 0 Å². The highest BCUT2D eigenvalue weighted by atomic mass is 16.5. The summed E-state index contributed by atoms with van der Waals surface area (Å²) in [6.45, 7) is 0.686. The lowest BCUT2D eigenvalue weighted by molar-refractivity contribution is 0.288. The summed E-state index contributed by atoms with van der Waals surface area (Å²) in [6.07, 6.45) is 1.79. The largest absolute Gasteiger partial charge is 0.504 e. The molecule has 0 amide bonds. The topological polar surface area (TPSA) is 46.5 Å². The normalized spacial score (nSPS) is 14.5. The molecule has 0 fully saturated rings. The standard InChI is InChI=1S/C10H10O3/c11-8-3-4-10-7(6-9(8)12)2-1-5-13-10/h3-4,6H,1-2,5H2,(H,11,12). The molecule has 0 aromatic heterocycles. The molecule has 1 aliphatic rings. The van der Waals surface area contributed by atoms with Crippen molar-refractivity contribution < 1.29 is 9.84 Å². The molecule has 0 bridgehead atoms. The van der Waals surface area contributed by atoms with E-state index in [2.05, 4.69) is 0 Å². The molecule has 0 unspecified atom stereocenters. The molecule has 1 aromatic rings. The van der Waals surface area contributed by atoms with E-state index in [1.54, 1.807) is 6.07 Å². The summed E-state index contributed by atoms with van der Waals surface area (Å²) in [6, 6.07) is 4.45. The lowest BCUT2D eigenvalue weighted by Gasteiger charge is -2.14. The molecule has 68 valence electrons. The molecule has 1 heterocycles. The van der Waals surface area contributed by atoms with Gasteiger partial charge in [0, 0.05) is 0 Å². The molecule has 3 heteroatoms. The Hall–Kier alpha value is -1.51. The summed E-state index contributed by atoms with van der Waals surface area (Å²) in [7, 11) is 0. The van der Waals surface area contributed by atoms with Crippen molar-refractivity contribution in [1.29, 1.82) is 0 Å². The fraction of sp³-hybridized carbons (Fsp3) is 0.300. The van der Waals surface area contributed by atoms with Gasteiger partial charge in [-0.15, -0.1) is 0 Å². The first-order valence-corrected chi connectivity index (χ1v) is 4.26. The Bertz CT molecular complexity index is 385. The summed E-state index contributed by atoms with van der Waals surface area (Å²) in [4.78, 5) is 11.1. The first kappa shape index (κ1) is 8.10. The van der Waals surface area contributed by atoms with Crippen LogP contribution in [0.5, 0.6) is 11.5 Å². The minimum Gasteiger partial charge on any atom is -0.504 e. The zero-order valence-electron chi connectivity index (χ0n) is 7.12.